The summed E-state index contributed by atoms with van der Waals surface area (Å²) < 4.78 is 15.7. The lowest BCUT2D eigenvalue weighted by molar-refractivity contribution is 0.662. The third kappa shape index (κ3) is 5.32. The predicted molar refractivity (Wildman–Crippen MR) is 254 cm³/mol. The summed E-state index contributed by atoms with van der Waals surface area (Å²) >= 11 is 1.84. The van der Waals surface area contributed by atoms with Crippen molar-refractivity contribution in [2.45, 2.75) is 6.17 Å². The summed E-state index contributed by atoms with van der Waals surface area (Å²) in [5, 5.41) is 12.9. The van der Waals surface area contributed by atoms with E-state index in [2.05, 4.69) is 169 Å². The van der Waals surface area contributed by atoms with Crippen LogP contribution in [0.5, 0.6) is 0 Å². The van der Waals surface area contributed by atoms with Crippen molar-refractivity contribution in [3.05, 3.63) is 205 Å². The van der Waals surface area contributed by atoms with Gasteiger partial charge in [0.05, 0.1) is 0 Å². The highest BCUT2D eigenvalue weighted by molar-refractivity contribution is 7.26. The monoisotopic (exact) mass is 799 g/mol. The Labute approximate surface area is 353 Å². The minimum Gasteiger partial charge on any atom is -0.456 e. The Kier molecular flexibility index (Phi) is 7.47. The van der Waals surface area contributed by atoms with Crippen LogP contribution in [-0.2, 0) is 0 Å². The molecule has 0 spiro atoms. The zero-order chi connectivity index (χ0) is 40.0. The van der Waals surface area contributed by atoms with Gasteiger partial charge >= 0.3 is 0 Å². The van der Waals surface area contributed by atoms with Gasteiger partial charge in [0.25, 0.3) is 0 Å². The molecular weight excluding hydrogens is 767 g/mol. The Bertz CT molecular complexity index is 3820. The van der Waals surface area contributed by atoms with Gasteiger partial charge in [0.2, 0.25) is 0 Å². The number of hydrogen-bond acceptors (Lipinski definition) is 6. The van der Waals surface area contributed by atoms with Crippen LogP contribution in [0.15, 0.2) is 207 Å². The first kappa shape index (κ1) is 34.1. The van der Waals surface area contributed by atoms with Crippen LogP contribution in [0.1, 0.15) is 22.9 Å². The molecule has 0 bridgehead atoms. The van der Waals surface area contributed by atoms with E-state index in [4.69, 9.17) is 18.8 Å². The van der Waals surface area contributed by atoms with Gasteiger partial charge in [-0.15, -0.1) is 11.3 Å². The zero-order valence-corrected chi connectivity index (χ0v) is 33.4. The summed E-state index contributed by atoms with van der Waals surface area (Å²) in [5.41, 5.74) is 10.9. The second-order valence-electron chi connectivity index (χ2n) is 15.6. The molecule has 1 aliphatic rings. The van der Waals surface area contributed by atoms with E-state index in [0.717, 1.165) is 93.9 Å². The quantitative estimate of drug-likeness (QED) is 0.189. The van der Waals surface area contributed by atoms with Crippen molar-refractivity contribution in [3.63, 3.8) is 0 Å². The summed E-state index contributed by atoms with van der Waals surface area (Å²) in [6.07, 6.45) is -0.431. The number of nitrogens with one attached hydrogen (secondary N) is 1. The summed E-state index contributed by atoms with van der Waals surface area (Å²) in [4.78, 5) is 10.7. The first-order valence-corrected chi connectivity index (χ1v) is 21.3. The molecule has 0 radical (unpaired) electrons. The molecule has 0 amide bonds. The maximum atomic E-state index is 6.84. The van der Waals surface area contributed by atoms with E-state index in [-0.39, 0.29) is 0 Å². The molecular formula is C55H33N3O2S. The van der Waals surface area contributed by atoms with Crippen LogP contribution in [0.4, 0.5) is 0 Å². The van der Waals surface area contributed by atoms with Gasteiger partial charge < -0.3 is 14.2 Å². The lowest BCUT2D eigenvalue weighted by Gasteiger charge is -2.25. The van der Waals surface area contributed by atoms with E-state index in [1.165, 1.54) is 25.7 Å². The molecule has 12 aromatic rings. The number of aliphatic imine (C=N–C) groups is 2. The van der Waals surface area contributed by atoms with E-state index in [1.54, 1.807) is 0 Å². The van der Waals surface area contributed by atoms with Gasteiger partial charge in [-0.3, -0.25) is 0 Å². The molecule has 0 fully saturated rings. The number of nitrogens with zero attached hydrogens (tertiary/aromatic N) is 2. The van der Waals surface area contributed by atoms with E-state index >= 15 is 0 Å². The molecule has 6 heteroatoms. The Morgan fingerprint density at radius 2 is 1.10 bits per heavy atom. The van der Waals surface area contributed by atoms with Gasteiger partial charge in [-0.2, -0.15) is 0 Å². The Balaban J connectivity index is 0.965. The third-order valence-corrected chi connectivity index (χ3v) is 13.4. The van der Waals surface area contributed by atoms with E-state index < -0.39 is 6.17 Å². The van der Waals surface area contributed by atoms with Gasteiger partial charge in [0, 0.05) is 69.5 Å². The van der Waals surface area contributed by atoms with Crippen molar-refractivity contribution < 1.29 is 8.83 Å². The number of amidine groups is 2. The topological polar surface area (TPSA) is 63.0 Å². The van der Waals surface area contributed by atoms with E-state index in [1.807, 2.05) is 35.6 Å². The number of benzene rings is 9. The second kappa shape index (κ2) is 13.4. The minimum atomic E-state index is -0.431. The molecule has 61 heavy (non-hydrogen) atoms. The fourth-order valence-corrected chi connectivity index (χ4v) is 10.7. The summed E-state index contributed by atoms with van der Waals surface area (Å²) in [6.45, 7) is 0. The SMILES string of the molecule is c1cc(C2=NC(c3cccc4ccccc34)=NC(c3cccc4oc5ccccc5c34)N2)cc(-c2cccc3oc4c(-c5cccc6c5sc5ccccc56)cccc4c23)c1. The first-order chi connectivity index (χ1) is 30.2. The molecule has 0 saturated carbocycles. The van der Waals surface area contributed by atoms with Crippen LogP contribution in [0.25, 0.3) is 97.1 Å². The largest absolute Gasteiger partial charge is 0.456 e. The highest BCUT2D eigenvalue weighted by atomic mass is 32.1. The Morgan fingerprint density at radius 1 is 0.459 bits per heavy atom. The molecule has 0 saturated heterocycles. The lowest BCUT2D eigenvalue weighted by atomic mass is 9.95. The van der Waals surface area contributed by atoms with E-state index in [0.29, 0.717) is 5.84 Å². The van der Waals surface area contributed by atoms with Crippen LogP contribution in [-0.4, -0.2) is 11.7 Å². The number of hydrogen-bond donors (Lipinski definition) is 1. The predicted octanol–water partition coefficient (Wildman–Crippen LogP) is 14.8. The fourth-order valence-electron chi connectivity index (χ4n) is 9.42. The van der Waals surface area contributed by atoms with Crippen LogP contribution in [0, 0.1) is 0 Å². The third-order valence-electron chi connectivity index (χ3n) is 12.2. The molecule has 3 aromatic heterocycles. The molecule has 9 aromatic carbocycles. The van der Waals surface area contributed by atoms with Crippen LogP contribution in [0.2, 0.25) is 0 Å². The van der Waals surface area contributed by atoms with Gasteiger partial charge in [-0.25, -0.2) is 9.98 Å². The highest BCUT2D eigenvalue weighted by Crippen LogP contribution is 2.45. The average molecular weight is 800 g/mol. The van der Waals surface area contributed by atoms with Crippen molar-refractivity contribution in [2.75, 3.05) is 0 Å². The van der Waals surface area contributed by atoms with E-state index in [9.17, 15) is 0 Å². The number of para-hydroxylation sites is 2. The molecule has 1 N–H and O–H groups in total. The fraction of sp³-hybridized carbons (Fsp3) is 0.0182. The first-order valence-electron chi connectivity index (χ1n) is 20.5. The number of thiophene rings is 1. The normalized spacial score (nSPS) is 14.4. The molecule has 0 aliphatic carbocycles. The summed E-state index contributed by atoms with van der Waals surface area (Å²) in [5.74, 6) is 1.42. The number of rotatable bonds is 5. The van der Waals surface area contributed by atoms with Crippen molar-refractivity contribution >= 4 is 97.8 Å². The lowest BCUT2D eigenvalue weighted by Crippen LogP contribution is -2.33. The second-order valence-corrected chi connectivity index (χ2v) is 16.7. The summed E-state index contributed by atoms with van der Waals surface area (Å²) in [6, 6.07) is 66.0. The van der Waals surface area contributed by atoms with Gasteiger partial charge in [0.15, 0.2) is 5.84 Å². The smallest absolute Gasteiger partial charge is 0.160 e. The molecule has 286 valence electrons. The number of fused-ring (bicyclic) bond motifs is 10. The Morgan fingerprint density at radius 3 is 2.03 bits per heavy atom. The molecule has 1 aliphatic heterocycles. The minimum absolute atomic E-state index is 0.431. The molecule has 1 unspecified atom stereocenters. The van der Waals surface area contributed by atoms with Crippen molar-refractivity contribution in [1.82, 2.24) is 5.32 Å². The zero-order valence-electron chi connectivity index (χ0n) is 32.6. The van der Waals surface area contributed by atoms with Gasteiger partial charge in [-0.1, -0.05) is 158 Å². The Hall–Kier alpha value is -7.80. The maximum absolute atomic E-state index is 6.84. The van der Waals surface area contributed by atoms with Gasteiger partial charge in [-0.05, 0) is 52.2 Å². The van der Waals surface area contributed by atoms with Crippen molar-refractivity contribution in [2.24, 2.45) is 9.98 Å². The van der Waals surface area contributed by atoms with Crippen molar-refractivity contribution in [1.29, 1.82) is 0 Å². The van der Waals surface area contributed by atoms with Crippen molar-refractivity contribution in [3.8, 4) is 22.3 Å². The maximum Gasteiger partial charge on any atom is 0.160 e. The van der Waals surface area contributed by atoms with Gasteiger partial charge in [0.1, 0.15) is 34.3 Å². The van der Waals surface area contributed by atoms with Crippen LogP contribution >= 0.6 is 11.3 Å². The highest BCUT2D eigenvalue weighted by Gasteiger charge is 2.26. The molecule has 5 nitrogen and oxygen atoms in total. The molecule has 13 rings (SSSR count). The standard InChI is InChI=1S/C55H33N3O2S/c1-2-17-35-32(13-1)14-8-24-41(35)54-56-53(57-55(58-54)44-26-12-28-46-50(44)42-19-3-5-27-45(42)59-46)34-16-7-15-33(31-34)36-20-11-29-47-49(36)43-25-9-21-38(51(43)60-47)40-23-10-22-39-37-18-4-6-30-48(37)61-52(39)40/h1-31,55H,(H,56,57,58). The molecule has 1 atom stereocenters. The average Bonchev–Trinajstić information content (AvgIpc) is 4.03. The van der Waals surface area contributed by atoms with Crippen LogP contribution < -0.4 is 5.32 Å². The number of furan rings is 2. The summed E-state index contributed by atoms with van der Waals surface area (Å²) in [7, 11) is 0. The molecule has 4 heterocycles. The van der Waals surface area contributed by atoms with Crippen LogP contribution in [0.3, 0.4) is 0 Å².